The fourth-order valence-electron chi connectivity index (χ4n) is 2.04. The molecule has 0 unspecified atom stereocenters. The Kier molecular flexibility index (Phi) is 3.66. The molecule has 0 aromatic heterocycles. The first-order chi connectivity index (χ1) is 7.72. The molecule has 16 heavy (non-hydrogen) atoms. The molecule has 1 saturated heterocycles. The van der Waals surface area contributed by atoms with Gasteiger partial charge in [-0.15, -0.1) is 0 Å². The standard InChI is InChI=1S/C12H16ClFN2/c1-2-15-6-8-16(9-7-15)11-5-3-4-10(14)12(11)13/h3-5H,2,6-9H2,1H3. The van der Waals surface area contributed by atoms with E-state index in [-0.39, 0.29) is 10.8 Å². The first kappa shape index (κ1) is 11.7. The number of nitrogens with zero attached hydrogens (tertiary/aromatic N) is 2. The monoisotopic (exact) mass is 242 g/mol. The molecule has 2 nitrogen and oxygen atoms in total. The zero-order valence-electron chi connectivity index (χ0n) is 9.42. The van der Waals surface area contributed by atoms with E-state index in [1.54, 1.807) is 6.07 Å². The Morgan fingerprint density at radius 1 is 1.25 bits per heavy atom. The van der Waals surface area contributed by atoms with Crippen molar-refractivity contribution < 1.29 is 4.39 Å². The summed E-state index contributed by atoms with van der Waals surface area (Å²) in [6.45, 7) is 7.09. The summed E-state index contributed by atoms with van der Waals surface area (Å²) in [4.78, 5) is 4.53. The van der Waals surface area contributed by atoms with Crippen molar-refractivity contribution in [2.24, 2.45) is 0 Å². The van der Waals surface area contributed by atoms with Crippen LogP contribution in [0.4, 0.5) is 10.1 Å². The summed E-state index contributed by atoms with van der Waals surface area (Å²) in [7, 11) is 0. The third-order valence-corrected chi connectivity index (χ3v) is 3.47. The van der Waals surface area contributed by atoms with Crippen molar-refractivity contribution in [1.29, 1.82) is 0 Å². The summed E-state index contributed by atoms with van der Waals surface area (Å²) < 4.78 is 13.3. The number of benzene rings is 1. The summed E-state index contributed by atoms with van der Waals surface area (Å²) in [6.07, 6.45) is 0. The molecule has 1 aliphatic rings. The highest BCUT2D eigenvalue weighted by atomic mass is 35.5. The average molecular weight is 243 g/mol. The maximum atomic E-state index is 13.3. The van der Waals surface area contributed by atoms with Gasteiger partial charge in [-0.3, -0.25) is 0 Å². The van der Waals surface area contributed by atoms with Crippen molar-refractivity contribution in [1.82, 2.24) is 4.90 Å². The Labute approximate surface area is 101 Å². The van der Waals surface area contributed by atoms with E-state index < -0.39 is 0 Å². The normalized spacial score (nSPS) is 17.8. The lowest BCUT2D eigenvalue weighted by Crippen LogP contribution is -2.46. The maximum absolute atomic E-state index is 13.3. The van der Waals surface area contributed by atoms with Crippen LogP contribution >= 0.6 is 11.6 Å². The second kappa shape index (κ2) is 5.02. The van der Waals surface area contributed by atoms with Crippen molar-refractivity contribution in [3.63, 3.8) is 0 Å². The van der Waals surface area contributed by atoms with Crippen LogP contribution in [-0.2, 0) is 0 Å². The Morgan fingerprint density at radius 2 is 1.94 bits per heavy atom. The van der Waals surface area contributed by atoms with Crippen molar-refractivity contribution in [3.8, 4) is 0 Å². The SMILES string of the molecule is CCN1CCN(c2cccc(F)c2Cl)CC1. The van der Waals surface area contributed by atoms with Gasteiger partial charge >= 0.3 is 0 Å². The van der Waals surface area contributed by atoms with Crippen molar-refractivity contribution >= 4 is 17.3 Å². The van der Waals surface area contributed by atoms with Gasteiger partial charge in [0.2, 0.25) is 0 Å². The summed E-state index contributed by atoms with van der Waals surface area (Å²) in [5, 5.41) is 0.243. The highest BCUT2D eigenvalue weighted by molar-refractivity contribution is 6.33. The minimum atomic E-state index is -0.336. The third-order valence-electron chi connectivity index (χ3n) is 3.09. The Hall–Kier alpha value is -0.800. The molecule has 0 atom stereocenters. The average Bonchev–Trinajstić information content (AvgIpc) is 2.33. The van der Waals surface area contributed by atoms with E-state index in [0.717, 1.165) is 38.4 Å². The van der Waals surface area contributed by atoms with Gasteiger partial charge in [-0.2, -0.15) is 0 Å². The van der Waals surface area contributed by atoms with Crippen LogP contribution in [0.2, 0.25) is 5.02 Å². The molecule has 1 heterocycles. The van der Waals surface area contributed by atoms with Crippen LogP contribution in [-0.4, -0.2) is 37.6 Å². The summed E-state index contributed by atoms with van der Waals surface area (Å²) >= 11 is 5.97. The number of halogens is 2. The highest BCUT2D eigenvalue weighted by Crippen LogP contribution is 2.28. The van der Waals surface area contributed by atoms with Gasteiger partial charge in [-0.25, -0.2) is 4.39 Å². The van der Waals surface area contributed by atoms with Gasteiger partial charge in [0.15, 0.2) is 0 Å². The molecule has 2 rings (SSSR count). The number of piperazine rings is 1. The molecule has 0 N–H and O–H groups in total. The number of rotatable bonds is 2. The second-order valence-electron chi connectivity index (χ2n) is 3.99. The molecule has 1 aliphatic heterocycles. The Morgan fingerprint density at radius 3 is 2.56 bits per heavy atom. The van der Waals surface area contributed by atoms with Gasteiger partial charge in [0.1, 0.15) is 5.82 Å². The molecule has 88 valence electrons. The predicted octanol–water partition coefficient (Wildman–Crippen LogP) is 2.62. The first-order valence-corrected chi connectivity index (χ1v) is 6.01. The minimum absolute atomic E-state index is 0.243. The summed E-state index contributed by atoms with van der Waals surface area (Å²) in [6, 6.07) is 4.99. The zero-order valence-corrected chi connectivity index (χ0v) is 10.2. The minimum Gasteiger partial charge on any atom is -0.368 e. The van der Waals surface area contributed by atoms with Gasteiger partial charge in [0, 0.05) is 26.2 Å². The van der Waals surface area contributed by atoms with E-state index in [1.807, 2.05) is 6.07 Å². The van der Waals surface area contributed by atoms with Crippen LogP contribution in [0, 0.1) is 5.82 Å². The molecule has 0 aliphatic carbocycles. The van der Waals surface area contributed by atoms with Crippen LogP contribution in [0.3, 0.4) is 0 Å². The van der Waals surface area contributed by atoms with E-state index in [4.69, 9.17) is 11.6 Å². The molecule has 0 spiro atoms. The fourth-order valence-corrected chi connectivity index (χ4v) is 2.29. The molecule has 0 amide bonds. The van der Waals surface area contributed by atoms with E-state index in [0.29, 0.717) is 0 Å². The molecule has 0 saturated carbocycles. The lowest BCUT2D eigenvalue weighted by atomic mass is 10.2. The van der Waals surface area contributed by atoms with Crippen LogP contribution in [0.15, 0.2) is 18.2 Å². The quantitative estimate of drug-likeness (QED) is 0.787. The van der Waals surface area contributed by atoms with Crippen LogP contribution in [0.1, 0.15) is 6.92 Å². The molecule has 1 aromatic rings. The molecule has 0 bridgehead atoms. The number of likely N-dealkylation sites (N-methyl/N-ethyl adjacent to an activating group) is 1. The van der Waals surface area contributed by atoms with Crippen LogP contribution in [0.5, 0.6) is 0 Å². The third kappa shape index (κ3) is 2.30. The first-order valence-electron chi connectivity index (χ1n) is 5.63. The smallest absolute Gasteiger partial charge is 0.143 e. The molecule has 4 heteroatoms. The van der Waals surface area contributed by atoms with Gasteiger partial charge in [0.25, 0.3) is 0 Å². The van der Waals surface area contributed by atoms with Crippen molar-refractivity contribution in [3.05, 3.63) is 29.0 Å². The Balaban J connectivity index is 2.11. The van der Waals surface area contributed by atoms with Gasteiger partial charge in [-0.1, -0.05) is 24.6 Å². The topological polar surface area (TPSA) is 6.48 Å². The maximum Gasteiger partial charge on any atom is 0.143 e. The Bertz CT molecular complexity index is 362. The van der Waals surface area contributed by atoms with Gasteiger partial charge in [0.05, 0.1) is 10.7 Å². The number of hydrogen-bond donors (Lipinski definition) is 0. The second-order valence-corrected chi connectivity index (χ2v) is 4.37. The molecule has 0 radical (unpaired) electrons. The lowest BCUT2D eigenvalue weighted by Gasteiger charge is -2.35. The van der Waals surface area contributed by atoms with Crippen molar-refractivity contribution in [2.45, 2.75) is 6.92 Å². The number of anilines is 1. The van der Waals surface area contributed by atoms with E-state index in [1.165, 1.54) is 6.07 Å². The molecular weight excluding hydrogens is 227 g/mol. The van der Waals surface area contributed by atoms with Crippen molar-refractivity contribution in [2.75, 3.05) is 37.6 Å². The number of hydrogen-bond acceptors (Lipinski definition) is 2. The summed E-state index contributed by atoms with van der Waals surface area (Å²) in [5.74, 6) is -0.336. The zero-order chi connectivity index (χ0) is 11.5. The largest absolute Gasteiger partial charge is 0.368 e. The lowest BCUT2D eigenvalue weighted by molar-refractivity contribution is 0.271. The highest BCUT2D eigenvalue weighted by Gasteiger charge is 2.18. The van der Waals surface area contributed by atoms with E-state index >= 15 is 0 Å². The van der Waals surface area contributed by atoms with Crippen LogP contribution in [0.25, 0.3) is 0 Å². The molecular formula is C12H16ClFN2. The predicted molar refractivity (Wildman–Crippen MR) is 65.7 cm³/mol. The summed E-state index contributed by atoms with van der Waals surface area (Å²) in [5.41, 5.74) is 0.817. The van der Waals surface area contributed by atoms with Crippen LogP contribution < -0.4 is 4.90 Å². The fraction of sp³-hybridized carbons (Fsp3) is 0.500. The van der Waals surface area contributed by atoms with Gasteiger partial charge < -0.3 is 9.80 Å². The van der Waals surface area contributed by atoms with E-state index in [2.05, 4.69) is 16.7 Å². The molecule has 1 fully saturated rings. The van der Waals surface area contributed by atoms with Gasteiger partial charge in [-0.05, 0) is 18.7 Å². The molecule has 1 aromatic carbocycles. The van der Waals surface area contributed by atoms with E-state index in [9.17, 15) is 4.39 Å².